The molecule has 0 spiro atoms. The number of halogens is 3. The van der Waals surface area contributed by atoms with Crippen LogP contribution in [0.5, 0.6) is 5.75 Å². The molecule has 14 heteroatoms. The van der Waals surface area contributed by atoms with Crippen LogP contribution in [0.3, 0.4) is 0 Å². The number of nitrogens with zero attached hydrogens (tertiary/aromatic N) is 3. The number of fused-ring (bicyclic) bond motifs is 3. The highest BCUT2D eigenvalue weighted by Gasteiger charge is 2.34. The second kappa shape index (κ2) is 11.6. The van der Waals surface area contributed by atoms with Crippen molar-refractivity contribution in [3.8, 4) is 5.75 Å². The highest BCUT2D eigenvalue weighted by Crippen LogP contribution is 2.37. The lowest BCUT2D eigenvalue weighted by Gasteiger charge is -2.40. The Balaban J connectivity index is 1.47. The van der Waals surface area contributed by atoms with E-state index in [1.807, 2.05) is 18.6 Å². The topological polar surface area (TPSA) is 112 Å². The van der Waals surface area contributed by atoms with Crippen LogP contribution >= 0.6 is 0 Å². The van der Waals surface area contributed by atoms with Crippen molar-refractivity contribution >= 4 is 38.3 Å². The molecule has 1 N–H and O–H groups in total. The normalized spacial score (nSPS) is 18.0. The number of rotatable bonds is 6. The van der Waals surface area contributed by atoms with Gasteiger partial charge in [-0.05, 0) is 76.6 Å². The number of alkyl halides is 3. The lowest BCUT2D eigenvalue weighted by Crippen LogP contribution is -2.50. The van der Waals surface area contributed by atoms with E-state index < -0.39 is 39.4 Å². The van der Waals surface area contributed by atoms with Crippen LogP contribution in [0.4, 0.5) is 24.5 Å². The molecule has 1 amide bonds. The van der Waals surface area contributed by atoms with Gasteiger partial charge in [0, 0.05) is 54.4 Å². The molecule has 5 rings (SSSR count). The Morgan fingerprint density at radius 2 is 1.86 bits per heavy atom. The summed E-state index contributed by atoms with van der Waals surface area (Å²) in [6.45, 7) is 10.1. The third-order valence-corrected chi connectivity index (χ3v) is 9.77. The Kier molecular flexibility index (Phi) is 8.35. The number of carbonyl (C=O) groups is 1. The van der Waals surface area contributed by atoms with Gasteiger partial charge in [-0.3, -0.25) is 9.52 Å². The van der Waals surface area contributed by atoms with Crippen LogP contribution in [0.1, 0.15) is 46.5 Å². The van der Waals surface area contributed by atoms with Gasteiger partial charge in [0.25, 0.3) is 5.91 Å². The number of amides is 1. The van der Waals surface area contributed by atoms with Crippen molar-refractivity contribution in [1.29, 1.82) is 0 Å². The Morgan fingerprint density at radius 3 is 2.52 bits per heavy atom. The highest BCUT2D eigenvalue weighted by atomic mass is 32.2. The number of benzene rings is 2. The number of hydrogen-bond donors (Lipinski definition) is 1. The molecule has 1 fully saturated rings. The summed E-state index contributed by atoms with van der Waals surface area (Å²) in [6.07, 6.45) is -4.79. The van der Waals surface area contributed by atoms with Crippen LogP contribution in [-0.4, -0.2) is 75.5 Å². The van der Waals surface area contributed by atoms with Gasteiger partial charge in [-0.1, -0.05) is 0 Å². The summed E-state index contributed by atoms with van der Waals surface area (Å²) in [5.41, 5.74) is 3.30. The summed E-state index contributed by atoms with van der Waals surface area (Å²) < 4.78 is 75.4. The molecule has 1 atom stereocenters. The van der Waals surface area contributed by atoms with Gasteiger partial charge in [0.15, 0.2) is 5.75 Å². The second-order valence-corrected chi connectivity index (χ2v) is 13.4. The zero-order valence-electron chi connectivity index (χ0n) is 25.2. The number of carbonyl (C=O) groups excluding carboxylic acids is 1. The van der Waals surface area contributed by atoms with Crippen molar-refractivity contribution in [2.45, 2.75) is 53.1 Å². The van der Waals surface area contributed by atoms with E-state index in [0.29, 0.717) is 23.6 Å². The molecule has 1 saturated heterocycles. The summed E-state index contributed by atoms with van der Waals surface area (Å²) in [5.74, 6) is -1.88. The lowest BCUT2D eigenvalue weighted by molar-refractivity contribution is -0.274. The quantitative estimate of drug-likeness (QED) is 0.396. The average molecular weight is 637 g/mol. The molecule has 3 heterocycles. The van der Waals surface area contributed by atoms with E-state index in [1.165, 1.54) is 17.9 Å². The van der Waals surface area contributed by atoms with Gasteiger partial charge in [-0.15, -0.1) is 13.2 Å². The minimum atomic E-state index is -5.13. The van der Waals surface area contributed by atoms with Gasteiger partial charge in [-0.25, -0.2) is 13.2 Å². The molecular formula is C30H35F3N4O6S. The van der Waals surface area contributed by atoms with Gasteiger partial charge in [0.1, 0.15) is 5.58 Å². The first-order valence-electron chi connectivity index (χ1n) is 14.3. The number of sulfonamides is 1. The van der Waals surface area contributed by atoms with Crippen molar-refractivity contribution in [3.05, 3.63) is 62.5 Å². The smallest absolute Gasteiger partial charge is 0.422 e. The van der Waals surface area contributed by atoms with Crippen LogP contribution in [0, 0.1) is 13.8 Å². The van der Waals surface area contributed by atoms with Crippen LogP contribution < -0.4 is 20.0 Å². The van der Waals surface area contributed by atoms with Crippen LogP contribution in [-0.2, 0) is 23.0 Å². The Morgan fingerprint density at radius 1 is 1.14 bits per heavy atom. The Labute approximate surface area is 253 Å². The summed E-state index contributed by atoms with van der Waals surface area (Å²) in [7, 11) is -1.82. The number of ether oxygens (including phenoxy) is 1. The molecule has 2 aromatic carbocycles. The fourth-order valence-electron chi connectivity index (χ4n) is 5.89. The van der Waals surface area contributed by atoms with Crippen molar-refractivity contribution in [1.82, 2.24) is 9.80 Å². The first-order chi connectivity index (χ1) is 20.6. The van der Waals surface area contributed by atoms with E-state index in [9.17, 15) is 31.2 Å². The first kappa shape index (κ1) is 31.6. The van der Waals surface area contributed by atoms with Gasteiger partial charge in [-0.2, -0.15) is 0 Å². The summed E-state index contributed by atoms with van der Waals surface area (Å²) in [5, 5.41) is 0.837. The molecule has 238 valence electrons. The standard InChI is InChI=1S/C30H35F3N4O6S/c1-6-44(40,41)34-23-8-7-20(14-25(23)43-30(31,32)33)28(38)37-10-9-21-22(16-37)29(39)42-27-19(4)24(13-17(2)26(21)27)36-12-11-35(5)18(3)15-36/h7-8,13-14,18,34H,6,9-12,15-16H2,1-5H3/t18-/m0/s1. The number of anilines is 2. The van der Waals surface area contributed by atoms with Crippen molar-refractivity contribution < 1.29 is 35.5 Å². The van der Waals surface area contributed by atoms with Gasteiger partial charge in [0.2, 0.25) is 10.0 Å². The molecule has 3 aromatic rings. The molecule has 44 heavy (non-hydrogen) atoms. The van der Waals surface area contributed by atoms with E-state index in [2.05, 4.69) is 34.6 Å². The number of likely N-dealkylation sites (N-methyl/N-ethyl adjacent to an activating group) is 1. The predicted molar refractivity (Wildman–Crippen MR) is 161 cm³/mol. The minimum absolute atomic E-state index is 0.0949. The fourth-order valence-corrected chi connectivity index (χ4v) is 6.54. The van der Waals surface area contributed by atoms with Gasteiger partial charge >= 0.3 is 12.0 Å². The van der Waals surface area contributed by atoms with E-state index in [4.69, 9.17) is 4.42 Å². The summed E-state index contributed by atoms with van der Waals surface area (Å²) in [4.78, 5) is 32.7. The van der Waals surface area contributed by atoms with Crippen molar-refractivity contribution in [2.75, 3.05) is 48.6 Å². The first-order valence-corrected chi connectivity index (χ1v) is 16.0. The molecule has 10 nitrogen and oxygen atoms in total. The fraction of sp³-hybridized carbons (Fsp3) is 0.467. The summed E-state index contributed by atoms with van der Waals surface area (Å²) in [6, 6.07) is 5.59. The molecule has 2 aliphatic rings. The zero-order chi connectivity index (χ0) is 32.1. The molecular weight excluding hydrogens is 601 g/mol. The maximum absolute atomic E-state index is 13.5. The van der Waals surface area contributed by atoms with Gasteiger partial charge < -0.3 is 23.9 Å². The Bertz CT molecular complexity index is 1790. The maximum Gasteiger partial charge on any atom is 0.573 e. The molecule has 0 unspecified atom stereocenters. The van der Waals surface area contributed by atoms with Crippen LogP contribution in [0.15, 0.2) is 33.5 Å². The van der Waals surface area contributed by atoms with E-state index in [1.54, 1.807) is 0 Å². The predicted octanol–water partition coefficient (Wildman–Crippen LogP) is 4.41. The summed E-state index contributed by atoms with van der Waals surface area (Å²) >= 11 is 0. The monoisotopic (exact) mass is 636 g/mol. The SMILES string of the molecule is CCS(=O)(=O)Nc1ccc(C(=O)N2CCc3c(c(=O)oc4c(C)c(N5CCN(C)[C@@H](C)C5)cc(C)c34)C2)cc1OC(F)(F)F. The molecule has 1 aromatic heterocycles. The van der Waals surface area contributed by atoms with E-state index in [0.717, 1.165) is 59.5 Å². The number of piperazine rings is 1. The van der Waals surface area contributed by atoms with E-state index >= 15 is 0 Å². The maximum atomic E-state index is 13.5. The van der Waals surface area contributed by atoms with Crippen molar-refractivity contribution in [3.63, 3.8) is 0 Å². The Hall–Kier alpha value is -3.78. The van der Waals surface area contributed by atoms with E-state index in [-0.39, 0.29) is 24.4 Å². The lowest BCUT2D eigenvalue weighted by atomic mass is 9.92. The molecule has 2 aliphatic heterocycles. The molecule has 0 bridgehead atoms. The third kappa shape index (κ3) is 6.23. The minimum Gasteiger partial charge on any atom is -0.422 e. The molecule has 0 aliphatic carbocycles. The third-order valence-electron chi connectivity index (χ3n) is 8.47. The van der Waals surface area contributed by atoms with Gasteiger partial charge in [0.05, 0.1) is 23.5 Å². The van der Waals surface area contributed by atoms with Crippen molar-refractivity contribution in [2.24, 2.45) is 0 Å². The molecule has 0 radical (unpaired) electrons. The number of nitrogens with one attached hydrogen (secondary N) is 1. The number of hydrogen-bond acceptors (Lipinski definition) is 8. The molecule has 0 saturated carbocycles. The second-order valence-electron chi connectivity index (χ2n) is 11.4. The zero-order valence-corrected chi connectivity index (χ0v) is 26.0. The largest absolute Gasteiger partial charge is 0.573 e. The number of aryl methyl sites for hydroxylation is 2. The highest BCUT2D eigenvalue weighted by molar-refractivity contribution is 7.92. The van der Waals surface area contributed by atoms with Crippen LogP contribution in [0.2, 0.25) is 0 Å². The van der Waals surface area contributed by atoms with Crippen LogP contribution in [0.25, 0.3) is 11.0 Å². The average Bonchev–Trinajstić information content (AvgIpc) is 2.96.